The Morgan fingerprint density at radius 1 is 1.21 bits per heavy atom. The first-order chi connectivity index (χ1) is 14.1. The van der Waals surface area contributed by atoms with Gasteiger partial charge in [-0.1, -0.05) is 0 Å². The number of carbonyl (C=O) groups excluding carboxylic acids is 2. The first kappa shape index (κ1) is 20.7. The van der Waals surface area contributed by atoms with Gasteiger partial charge in [0.25, 0.3) is 0 Å². The Kier molecular flexibility index (Phi) is 6.71. The monoisotopic (exact) mass is 417 g/mol. The van der Waals surface area contributed by atoms with E-state index in [2.05, 4.69) is 15.8 Å². The molecule has 1 aromatic carbocycles. The van der Waals surface area contributed by atoms with Crippen molar-refractivity contribution in [2.75, 3.05) is 26.1 Å². The summed E-state index contributed by atoms with van der Waals surface area (Å²) in [5.74, 6) is 0.761. The number of thiophene rings is 1. The number of urea groups is 1. The summed E-state index contributed by atoms with van der Waals surface area (Å²) in [5, 5.41) is 7.16. The van der Waals surface area contributed by atoms with Crippen molar-refractivity contribution in [2.24, 2.45) is 5.10 Å². The van der Waals surface area contributed by atoms with Crippen LogP contribution in [0.3, 0.4) is 0 Å². The second-order valence-corrected chi connectivity index (χ2v) is 7.33. The lowest BCUT2D eigenvalue weighted by atomic mass is 10.1. The number of ether oxygens (including phenoxy) is 3. The third-order valence-electron chi connectivity index (χ3n) is 4.42. The van der Waals surface area contributed by atoms with Crippen molar-refractivity contribution in [3.63, 3.8) is 0 Å². The summed E-state index contributed by atoms with van der Waals surface area (Å²) in [6.45, 7) is 2.04. The fourth-order valence-electron chi connectivity index (χ4n) is 3.14. The number of hydrogen-bond donors (Lipinski definition) is 2. The summed E-state index contributed by atoms with van der Waals surface area (Å²) in [5.41, 5.74) is 4.58. The van der Waals surface area contributed by atoms with Crippen molar-refractivity contribution in [3.8, 4) is 11.5 Å². The average Bonchev–Trinajstić information content (AvgIpc) is 3.28. The van der Waals surface area contributed by atoms with Gasteiger partial charge in [0.05, 0.1) is 32.6 Å². The van der Waals surface area contributed by atoms with E-state index in [9.17, 15) is 9.59 Å². The molecule has 29 heavy (non-hydrogen) atoms. The summed E-state index contributed by atoms with van der Waals surface area (Å²) in [4.78, 5) is 25.7. The van der Waals surface area contributed by atoms with Gasteiger partial charge in [-0.3, -0.25) is 5.32 Å². The van der Waals surface area contributed by atoms with E-state index in [0.717, 1.165) is 35.3 Å². The largest absolute Gasteiger partial charge is 0.493 e. The molecule has 2 amide bonds. The van der Waals surface area contributed by atoms with Crippen LogP contribution in [0.2, 0.25) is 0 Å². The van der Waals surface area contributed by atoms with Crippen molar-refractivity contribution in [1.82, 2.24) is 5.43 Å². The predicted octanol–water partition coefficient (Wildman–Crippen LogP) is 3.59. The molecule has 1 aliphatic carbocycles. The molecule has 1 heterocycles. The van der Waals surface area contributed by atoms with E-state index in [1.807, 2.05) is 0 Å². The van der Waals surface area contributed by atoms with Gasteiger partial charge < -0.3 is 14.2 Å². The Bertz CT molecular complexity index is 938. The van der Waals surface area contributed by atoms with Crippen LogP contribution in [0.5, 0.6) is 11.5 Å². The number of anilines is 1. The van der Waals surface area contributed by atoms with Gasteiger partial charge in [0, 0.05) is 4.88 Å². The molecular formula is C20H23N3O5S. The maximum atomic E-state index is 12.3. The molecule has 0 saturated heterocycles. The molecule has 0 saturated carbocycles. The van der Waals surface area contributed by atoms with Crippen LogP contribution in [0, 0.1) is 0 Å². The zero-order valence-corrected chi connectivity index (χ0v) is 17.4. The van der Waals surface area contributed by atoms with E-state index in [1.54, 1.807) is 39.3 Å². The summed E-state index contributed by atoms with van der Waals surface area (Å²) >= 11 is 1.41. The second kappa shape index (κ2) is 9.42. The van der Waals surface area contributed by atoms with Gasteiger partial charge in [0.15, 0.2) is 11.5 Å². The lowest BCUT2D eigenvalue weighted by Crippen LogP contribution is -2.25. The molecule has 9 heteroatoms. The van der Waals surface area contributed by atoms with Crippen molar-refractivity contribution in [2.45, 2.75) is 26.2 Å². The third kappa shape index (κ3) is 4.68. The van der Waals surface area contributed by atoms with E-state index in [-0.39, 0.29) is 6.61 Å². The number of aryl methyl sites for hydroxylation is 1. The van der Waals surface area contributed by atoms with Crippen LogP contribution in [-0.4, -0.2) is 39.0 Å². The molecule has 0 spiro atoms. The summed E-state index contributed by atoms with van der Waals surface area (Å²) in [7, 11) is 3.10. The zero-order valence-electron chi connectivity index (χ0n) is 16.5. The zero-order chi connectivity index (χ0) is 20.8. The number of benzene rings is 1. The standard InChI is InChI=1S/C20H23N3O5S/c1-4-28-19(24)17-13-6-5-7-16(13)29-18(17)22-20(25)23-21-11-12-8-9-14(26-2)15(10-12)27-3/h8-11H,4-7H2,1-3H3,(H2,22,23,25). The van der Waals surface area contributed by atoms with Crippen molar-refractivity contribution >= 4 is 34.6 Å². The van der Waals surface area contributed by atoms with Gasteiger partial charge in [-0.25, -0.2) is 15.0 Å². The van der Waals surface area contributed by atoms with Crippen molar-refractivity contribution in [1.29, 1.82) is 0 Å². The number of carbonyl (C=O) groups is 2. The number of nitrogens with zero attached hydrogens (tertiary/aromatic N) is 1. The topological polar surface area (TPSA) is 98.2 Å². The highest BCUT2D eigenvalue weighted by Crippen LogP contribution is 2.39. The Morgan fingerprint density at radius 3 is 2.72 bits per heavy atom. The van der Waals surface area contributed by atoms with Gasteiger partial charge in [0.1, 0.15) is 5.00 Å². The Balaban J connectivity index is 1.67. The van der Waals surface area contributed by atoms with E-state index in [0.29, 0.717) is 22.1 Å². The number of nitrogens with one attached hydrogen (secondary N) is 2. The quantitative estimate of drug-likeness (QED) is 0.408. The molecule has 1 aliphatic rings. The molecule has 0 bridgehead atoms. The molecule has 154 valence electrons. The molecule has 8 nitrogen and oxygen atoms in total. The summed E-state index contributed by atoms with van der Waals surface area (Å²) < 4.78 is 15.6. The van der Waals surface area contributed by atoms with Crippen molar-refractivity contribution in [3.05, 3.63) is 39.8 Å². The fraction of sp³-hybridized carbons (Fsp3) is 0.350. The number of hydrazone groups is 1. The Morgan fingerprint density at radius 2 is 2.00 bits per heavy atom. The van der Waals surface area contributed by atoms with Gasteiger partial charge in [-0.2, -0.15) is 5.10 Å². The van der Waals surface area contributed by atoms with Crippen LogP contribution in [0.25, 0.3) is 0 Å². The third-order valence-corrected chi connectivity index (χ3v) is 5.62. The van der Waals surface area contributed by atoms with Crippen LogP contribution < -0.4 is 20.2 Å². The van der Waals surface area contributed by atoms with Gasteiger partial charge >= 0.3 is 12.0 Å². The maximum Gasteiger partial charge on any atom is 0.341 e. The molecule has 3 rings (SSSR count). The molecule has 2 aromatic rings. The number of esters is 1. The lowest BCUT2D eigenvalue weighted by molar-refractivity contribution is 0.0527. The molecule has 0 atom stereocenters. The molecular weight excluding hydrogens is 394 g/mol. The molecule has 0 unspecified atom stereocenters. The predicted molar refractivity (Wildman–Crippen MR) is 112 cm³/mol. The van der Waals surface area contributed by atoms with Crippen molar-refractivity contribution < 1.29 is 23.8 Å². The van der Waals surface area contributed by atoms with Crippen LogP contribution in [-0.2, 0) is 17.6 Å². The SMILES string of the molecule is CCOC(=O)c1c(NC(=O)NN=Cc2ccc(OC)c(OC)c2)sc2c1CCC2. The van der Waals surface area contributed by atoms with Gasteiger partial charge in [-0.15, -0.1) is 11.3 Å². The second-order valence-electron chi connectivity index (χ2n) is 6.22. The van der Waals surface area contributed by atoms with Gasteiger partial charge in [0.2, 0.25) is 0 Å². The number of rotatable bonds is 7. The fourth-order valence-corrected chi connectivity index (χ4v) is 4.41. The first-order valence-corrected chi connectivity index (χ1v) is 10.0. The molecule has 0 fully saturated rings. The molecule has 0 aliphatic heterocycles. The van der Waals surface area contributed by atoms with E-state index in [1.165, 1.54) is 17.6 Å². The van der Waals surface area contributed by atoms with E-state index >= 15 is 0 Å². The summed E-state index contributed by atoms with van der Waals surface area (Å²) in [6, 6.07) is 4.74. The lowest BCUT2D eigenvalue weighted by Gasteiger charge is -2.08. The average molecular weight is 417 g/mol. The van der Waals surface area contributed by atoms with E-state index in [4.69, 9.17) is 14.2 Å². The highest BCUT2D eigenvalue weighted by Gasteiger charge is 2.28. The highest BCUT2D eigenvalue weighted by atomic mass is 32.1. The Hall–Kier alpha value is -3.07. The number of amides is 2. The number of methoxy groups -OCH3 is 2. The van der Waals surface area contributed by atoms with E-state index < -0.39 is 12.0 Å². The Labute approximate surface area is 172 Å². The minimum absolute atomic E-state index is 0.282. The summed E-state index contributed by atoms with van der Waals surface area (Å²) in [6.07, 6.45) is 4.23. The number of fused-ring (bicyclic) bond motifs is 1. The molecule has 2 N–H and O–H groups in total. The van der Waals surface area contributed by atoms with Crippen LogP contribution in [0.4, 0.5) is 9.80 Å². The molecule has 0 radical (unpaired) electrons. The number of hydrogen-bond acceptors (Lipinski definition) is 7. The van der Waals surface area contributed by atoms with Crippen LogP contribution in [0.1, 0.15) is 39.7 Å². The minimum Gasteiger partial charge on any atom is -0.493 e. The smallest absolute Gasteiger partial charge is 0.341 e. The minimum atomic E-state index is -0.535. The molecule has 1 aromatic heterocycles. The van der Waals surface area contributed by atoms with Crippen LogP contribution in [0.15, 0.2) is 23.3 Å². The highest BCUT2D eigenvalue weighted by molar-refractivity contribution is 7.17. The van der Waals surface area contributed by atoms with Crippen LogP contribution >= 0.6 is 11.3 Å². The normalized spacial score (nSPS) is 12.5. The first-order valence-electron chi connectivity index (χ1n) is 9.21. The van der Waals surface area contributed by atoms with Gasteiger partial charge in [-0.05, 0) is 55.5 Å². The maximum absolute atomic E-state index is 12.3.